The Morgan fingerprint density at radius 1 is 1.47 bits per heavy atom. The van der Waals surface area contributed by atoms with Gasteiger partial charge in [-0.15, -0.1) is 6.58 Å². The van der Waals surface area contributed by atoms with E-state index in [-0.39, 0.29) is 12.2 Å². The fourth-order valence-electron chi connectivity index (χ4n) is 1.89. The molecular formula is C14H15IO2. The van der Waals surface area contributed by atoms with E-state index in [2.05, 4.69) is 29.2 Å². The monoisotopic (exact) mass is 342 g/mol. The predicted molar refractivity (Wildman–Crippen MR) is 77.2 cm³/mol. The van der Waals surface area contributed by atoms with Crippen molar-refractivity contribution in [2.45, 2.75) is 25.0 Å². The van der Waals surface area contributed by atoms with Crippen LogP contribution in [-0.4, -0.2) is 17.3 Å². The fraction of sp³-hybridized carbons (Fsp3) is 0.286. The first kappa shape index (κ1) is 12.6. The van der Waals surface area contributed by atoms with Crippen molar-refractivity contribution in [1.29, 1.82) is 0 Å². The second-order valence-corrected chi connectivity index (χ2v) is 5.23. The van der Waals surface area contributed by atoms with Crippen LogP contribution >= 0.6 is 22.6 Å². The summed E-state index contributed by atoms with van der Waals surface area (Å²) in [6.07, 6.45) is 6.62. The number of allylic oxidation sites excluding steroid dienone is 1. The van der Waals surface area contributed by atoms with Crippen LogP contribution in [0.15, 0.2) is 43.0 Å². The van der Waals surface area contributed by atoms with E-state index in [1.165, 1.54) is 0 Å². The summed E-state index contributed by atoms with van der Waals surface area (Å²) in [5.41, 5.74) is 1.14. The molecule has 0 saturated heterocycles. The molecule has 0 saturated carbocycles. The number of aliphatic hydroxyl groups excluding tert-OH is 1. The lowest BCUT2D eigenvalue weighted by Gasteiger charge is -2.17. The maximum absolute atomic E-state index is 9.43. The third-order valence-corrected chi connectivity index (χ3v) is 3.55. The summed E-state index contributed by atoms with van der Waals surface area (Å²) in [5.74, 6) is 0.914. The molecule has 1 aromatic rings. The number of rotatable bonds is 4. The van der Waals surface area contributed by atoms with Gasteiger partial charge >= 0.3 is 0 Å². The van der Waals surface area contributed by atoms with Gasteiger partial charge in [0.25, 0.3) is 0 Å². The molecule has 1 aliphatic carbocycles. The quantitative estimate of drug-likeness (QED) is 0.673. The van der Waals surface area contributed by atoms with Crippen LogP contribution in [0.25, 0.3) is 0 Å². The first-order valence-corrected chi connectivity index (χ1v) is 6.70. The highest BCUT2D eigenvalue weighted by molar-refractivity contribution is 14.1. The molecule has 2 atom stereocenters. The van der Waals surface area contributed by atoms with E-state index in [0.29, 0.717) is 6.42 Å². The minimum absolute atomic E-state index is 0.0236. The van der Waals surface area contributed by atoms with Gasteiger partial charge < -0.3 is 9.84 Å². The highest BCUT2D eigenvalue weighted by atomic mass is 127. The third-order valence-electron chi connectivity index (χ3n) is 2.70. The molecule has 0 heterocycles. The van der Waals surface area contributed by atoms with Gasteiger partial charge in [0.2, 0.25) is 0 Å². The molecule has 0 spiro atoms. The van der Waals surface area contributed by atoms with E-state index in [9.17, 15) is 5.11 Å². The summed E-state index contributed by atoms with van der Waals surface area (Å²) in [6.45, 7) is 3.76. The Morgan fingerprint density at radius 3 is 2.94 bits per heavy atom. The lowest BCUT2D eigenvalue weighted by molar-refractivity contribution is 0.163. The molecule has 0 fully saturated rings. The van der Waals surface area contributed by atoms with Crippen LogP contribution in [-0.2, 0) is 6.42 Å². The SMILES string of the molecule is C=CCc1cccc(I)c1O[C@H]1C=C[C@@H](O)C1. The van der Waals surface area contributed by atoms with Gasteiger partial charge in [-0.1, -0.05) is 24.3 Å². The van der Waals surface area contributed by atoms with Crippen molar-refractivity contribution in [3.63, 3.8) is 0 Å². The zero-order valence-corrected chi connectivity index (χ0v) is 11.6. The van der Waals surface area contributed by atoms with Crippen molar-refractivity contribution in [2.24, 2.45) is 0 Å². The maximum atomic E-state index is 9.43. The second kappa shape index (κ2) is 5.69. The molecule has 0 unspecified atom stereocenters. The van der Waals surface area contributed by atoms with Gasteiger partial charge in [-0.2, -0.15) is 0 Å². The number of benzene rings is 1. The zero-order chi connectivity index (χ0) is 12.3. The van der Waals surface area contributed by atoms with Gasteiger partial charge in [0.1, 0.15) is 11.9 Å². The van der Waals surface area contributed by atoms with Gasteiger partial charge in [-0.25, -0.2) is 0 Å². The Labute approximate surface area is 115 Å². The Bertz CT molecular complexity index is 440. The molecule has 0 bridgehead atoms. The summed E-state index contributed by atoms with van der Waals surface area (Å²) < 4.78 is 7.05. The van der Waals surface area contributed by atoms with Crippen molar-refractivity contribution < 1.29 is 9.84 Å². The maximum Gasteiger partial charge on any atom is 0.137 e. The van der Waals surface area contributed by atoms with Crippen LogP contribution in [0.3, 0.4) is 0 Å². The minimum atomic E-state index is -0.371. The highest BCUT2D eigenvalue weighted by Crippen LogP contribution is 2.29. The molecule has 1 aromatic carbocycles. The molecule has 0 radical (unpaired) electrons. The van der Waals surface area contributed by atoms with Crippen molar-refractivity contribution in [1.82, 2.24) is 0 Å². The Kier molecular flexibility index (Phi) is 4.23. The van der Waals surface area contributed by atoms with Crippen LogP contribution in [0.1, 0.15) is 12.0 Å². The van der Waals surface area contributed by atoms with Gasteiger partial charge in [-0.3, -0.25) is 0 Å². The van der Waals surface area contributed by atoms with Crippen LogP contribution in [0.5, 0.6) is 5.75 Å². The molecule has 2 nitrogen and oxygen atoms in total. The third kappa shape index (κ3) is 3.10. The Hall–Kier alpha value is -0.810. The lowest BCUT2D eigenvalue weighted by atomic mass is 10.1. The second-order valence-electron chi connectivity index (χ2n) is 4.07. The molecule has 1 N–H and O–H groups in total. The number of halogens is 1. The smallest absolute Gasteiger partial charge is 0.137 e. The average Bonchev–Trinajstić information content (AvgIpc) is 2.70. The zero-order valence-electron chi connectivity index (χ0n) is 9.47. The lowest BCUT2D eigenvalue weighted by Crippen LogP contribution is -2.15. The Morgan fingerprint density at radius 2 is 2.29 bits per heavy atom. The summed E-state index contributed by atoms with van der Waals surface area (Å²) in [5, 5.41) is 9.43. The molecule has 1 aliphatic rings. The van der Waals surface area contributed by atoms with Crippen LogP contribution in [0.4, 0.5) is 0 Å². The summed E-state index contributed by atoms with van der Waals surface area (Å²) in [6, 6.07) is 6.10. The highest BCUT2D eigenvalue weighted by Gasteiger charge is 2.20. The van der Waals surface area contributed by atoms with Gasteiger partial charge in [0.05, 0.1) is 9.67 Å². The standard InChI is InChI=1S/C14H15IO2/c1-2-4-10-5-3-6-13(15)14(10)17-12-8-7-11(16)9-12/h2-3,5-8,11-12,16H,1,4,9H2/t11-,12+/m1/s1. The first-order valence-electron chi connectivity index (χ1n) is 5.62. The molecule has 0 aliphatic heterocycles. The predicted octanol–water partition coefficient (Wildman–Crippen LogP) is 3.09. The first-order chi connectivity index (χ1) is 8.20. The largest absolute Gasteiger partial charge is 0.485 e. The molecule has 17 heavy (non-hydrogen) atoms. The molecule has 0 amide bonds. The van der Waals surface area contributed by atoms with E-state index in [1.807, 2.05) is 30.4 Å². The minimum Gasteiger partial charge on any atom is -0.485 e. The molecule has 0 aromatic heterocycles. The van der Waals surface area contributed by atoms with Gasteiger partial charge in [0.15, 0.2) is 0 Å². The fourth-order valence-corrected chi connectivity index (χ4v) is 2.57. The van der Waals surface area contributed by atoms with Gasteiger partial charge in [0, 0.05) is 6.42 Å². The normalized spacial score (nSPS) is 22.7. The molecular weight excluding hydrogens is 327 g/mol. The molecule has 3 heteroatoms. The van der Waals surface area contributed by atoms with Crippen molar-refractivity contribution in [3.05, 3.63) is 52.1 Å². The van der Waals surface area contributed by atoms with Crippen molar-refractivity contribution in [3.8, 4) is 5.75 Å². The number of para-hydroxylation sites is 1. The summed E-state index contributed by atoms with van der Waals surface area (Å²) in [7, 11) is 0. The number of hydrogen-bond donors (Lipinski definition) is 1. The van der Waals surface area contributed by atoms with Crippen LogP contribution in [0, 0.1) is 3.57 Å². The topological polar surface area (TPSA) is 29.5 Å². The van der Waals surface area contributed by atoms with Crippen molar-refractivity contribution in [2.75, 3.05) is 0 Å². The van der Waals surface area contributed by atoms with E-state index >= 15 is 0 Å². The van der Waals surface area contributed by atoms with E-state index in [4.69, 9.17) is 4.74 Å². The summed E-state index contributed by atoms with van der Waals surface area (Å²) >= 11 is 2.27. The van der Waals surface area contributed by atoms with E-state index in [1.54, 1.807) is 6.08 Å². The van der Waals surface area contributed by atoms with Crippen molar-refractivity contribution >= 4 is 22.6 Å². The van der Waals surface area contributed by atoms with Crippen LogP contribution in [0.2, 0.25) is 0 Å². The van der Waals surface area contributed by atoms with E-state index in [0.717, 1.165) is 21.3 Å². The van der Waals surface area contributed by atoms with Gasteiger partial charge in [-0.05, 0) is 46.7 Å². The number of ether oxygens (including phenoxy) is 1. The Balaban J connectivity index is 2.19. The molecule has 90 valence electrons. The molecule has 2 rings (SSSR count). The van der Waals surface area contributed by atoms with Crippen LogP contribution < -0.4 is 4.74 Å². The van der Waals surface area contributed by atoms with E-state index < -0.39 is 0 Å². The number of aliphatic hydroxyl groups is 1. The summed E-state index contributed by atoms with van der Waals surface area (Å²) in [4.78, 5) is 0. The number of hydrogen-bond acceptors (Lipinski definition) is 2. The average molecular weight is 342 g/mol.